The molecule has 1 amide bonds. The molecule has 1 fully saturated rings. The van der Waals surface area contributed by atoms with Gasteiger partial charge < -0.3 is 10.6 Å². The number of hydrogen-bond acceptors (Lipinski definition) is 3. The highest BCUT2D eigenvalue weighted by molar-refractivity contribution is 6.30. The van der Waals surface area contributed by atoms with Crippen LogP contribution in [0.1, 0.15) is 18.4 Å². The van der Waals surface area contributed by atoms with Crippen LogP contribution in [0.5, 0.6) is 0 Å². The Morgan fingerprint density at radius 2 is 2.35 bits per heavy atom. The maximum Gasteiger partial charge on any atom is 0.236 e. The standard InChI is InChI=1S/C15H22ClN3O/c1-18(10-12-4-2-5-13(16)8-12)15(20)11-19-7-3-6-14(19)9-17/h2,4-5,8,14H,3,6-7,9-11,17H2,1H3. The molecular formula is C15H22ClN3O. The van der Waals surface area contributed by atoms with E-state index in [-0.39, 0.29) is 5.91 Å². The van der Waals surface area contributed by atoms with Gasteiger partial charge in [-0.15, -0.1) is 0 Å². The Morgan fingerprint density at radius 3 is 3.05 bits per heavy atom. The average molecular weight is 296 g/mol. The molecule has 1 saturated heterocycles. The zero-order valence-electron chi connectivity index (χ0n) is 11.9. The van der Waals surface area contributed by atoms with E-state index in [9.17, 15) is 4.79 Å². The van der Waals surface area contributed by atoms with E-state index in [4.69, 9.17) is 17.3 Å². The number of halogens is 1. The molecule has 0 saturated carbocycles. The molecular weight excluding hydrogens is 274 g/mol. The molecule has 1 atom stereocenters. The number of benzene rings is 1. The van der Waals surface area contributed by atoms with E-state index in [0.717, 1.165) is 24.9 Å². The number of likely N-dealkylation sites (N-methyl/N-ethyl adjacent to an activating group) is 1. The number of likely N-dealkylation sites (tertiary alicyclic amines) is 1. The third-order valence-electron chi connectivity index (χ3n) is 3.84. The van der Waals surface area contributed by atoms with Gasteiger partial charge in [0, 0.05) is 31.2 Å². The monoisotopic (exact) mass is 295 g/mol. The van der Waals surface area contributed by atoms with Crippen LogP contribution in [0, 0.1) is 0 Å². The third-order valence-corrected chi connectivity index (χ3v) is 4.08. The number of hydrogen-bond donors (Lipinski definition) is 1. The Bertz CT molecular complexity index is 466. The van der Waals surface area contributed by atoms with E-state index in [2.05, 4.69) is 4.90 Å². The van der Waals surface area contributed by atoms with Crippen molar-refractivity contribution in [2.75, 3.05) is 26.7 Å². The van der Waals surface area contributed by atoms with Crippen LogP contribution in [0.3, 0.4) is 0 Å². The van der Waals surface area contributed by atoms with E-state index in [0.29, 0.717) is 30.7 Å². The van der Waals surface area contributed by atoms with Crippen molar-refractivity contribution in [3.8, 4) is 0 Å². The fraction of sp³-hybridized carbons (Fsp3) is 0.533. The number of nitrogens with zero attached hydrogens (tertiary/aromatic N) is 2. The molecule has 0 aromatic heterocycles. The van der Waals surface area contributed by atoms with E-state index < -0.39 is 0 Å². The summed E-state index contributed by atoms with van der Waals surface area (Å²) in [6.45, 7) is 2.64. The van der Waals surface area contributed by atoms with Crippen LogP contribution >= 0.6 is 11.6 Å². The molecule has 1 aromatic rings. The largest absolute Gasteiger partial charge is 0.340 e. The zero-order valence-corrected chi connectivity index (χ0v) is 12.6. The molecule has 2 rings (SSSR count). The summed E-state index contributed by atoms with van der Waals surface area (Å²) in [5, 5.41) is 0.700. The molecule has 0 bridgehead atoms. The third kappa shape index (κ3) is 3.95. The van der Waals surface area contributed by atoms with Crippen molar-refractivity contribution in [3.63, 3.8) is 0 Å². The van der Waals surface area contributed by atoms with E-state index >= 15 is 0 Å². The molecule has 5 heteroatoms. The number of rotatable bonds is 5. The maximum atomic E-state index is 12.3. The van der Waals surface area contributed by atoms with E-state index in [1.165, 1.54) is 0 Å². The van der Waals surface area contributed by atoms with Crippen molar-refractivity contribution in [2.45, 2.75) is 25.4 Å². The Morgan fingerprint density at radius 1 is 1.55 bits per heavy atom. The molecule has 110 valence electrons. The normalized spacial score (nSPS) is 19.2. The number of carbonyl (C=O) groups excluding carboxylic acids is 1. The molecule has 1 heterocycles. The molecule has 0 spiro atoms. The van der Waals surface area contributed by atoms with Gasteiger partial charge in [-0.3, -0.25) is 9.69 Å². The lowest BCUT2D eigenvalue weighted by molar-refractivity contribution is -0.131. The first-order valence-electron chi connectivity index (χ1n) is 7.02. The second kappa shape index (κ2) is 7.07. The van der Waals surface area contributed by atoms with Crippen molar-refractivity contribution in [3.05, 3.63) is 34.9 Å². The van der Waals surface area contributed by atoms with Gasteiger partial charge >= 0.3 is 0 Å². The molecule has 2 N–H and O–H groups in total. The van der Waals surface area contributed by atoms with Gasteiger partial charge in [0.1, 0.15) is 0 Å². The van der Waals surface area contributed by atoms with Gasteiger partial charge in [0.25, 0.3) is 0 Å². The molecule has 1 aliphatic heterocycles. The Balaban J connectivity index is 1.89. The Kier molecular flexibility index (Phi) is 5.40. The summed E-state index contributed by atoms with van der Waals surface area (Å²) in [6.07, 6.45) is 2.23. The minimum Gasteiger partial charge on any atom is -0.340 e. The van der Waals surface area contributed by atoms with Crippen LogP contribution in [0.2, 0.25) is 5.02 Å². The molecule has 1 aliphatic rings. The number of amides is 1. The minimum atomic E-state index is 0.130. The number of carbonyl (C=O) groups is 1. The lowest BCUT2D eigenvalue weighted by atomic mass is 10.2. The van der Waals surface area contributed by atoms with Gasteiger partial charge in [0.15, 0.2) is 0 Å². The smallest absolute Gasteiger partial charge is 0.236 e. The van der Waals surface area contributed by atoms with Gasteiger partial charge in [0.2, 0.25) is 5.91 Å². The summed E-state index contributed by atoms with van der Waals surface area (Å²) in [5.41, 5.74) is 6.78. The highest BCUT2D eigenvalue weighted by Gasteiger charge is 2.25. The van der Waals surface area contributed by atoms with Crippen molar-refractivity contribution >= 4 is 17.5 Å². The van der Waals surface area contributed by atoms with Gasteiger partial charge in [-0.25, -0.2) is 0 Å². The summed E-state index contributed by atoms with van der Waals surface area (Å²) in [4.78, 5) is 16.2. The van der Waals surface area contributed by atoms with Gasteiger partial charge in [-0.2, -0.15) is 0 Å². The fourth-order valence-electron chi connectivity index (χ4n) is 2.66. The first kappa shape index (κ1) is 15.3. The van der Waals surface area contributed by atoms with Crippen molar-refractivity contribution in [1.82, 2.24) is 9.80 Å². The summed E-state index contributed by atoms with van der Waals surface area (Å²) in [5.74, 6) is 0.130. The molecule has 1 unspecified atom stereocenters. The number of nitrogens with two attached hydrogens (primary N) is 1. The SMILES string of the molecule is CN(Cc1cccc(Cl)c1)C(=O)CN1CCCC1CN. The lowest BCUT2D eigenvalue weighted by Gasteiger charge is -2.25. The van der Waals surface area contributed by atoms with Crippen molar-refractivity contribution < 1.29 is 4.79 Å². The quantitative estimate of drug-likeness (QED) is 0.900. The van der Waals surface area contributed by atoms with Gasteiger partial charge in [-0.05, 0) is 37.1 Å². The van der Waals surface area contributed by atoms with Crippen LogP contribution in [0.4, 0.5) is 0 Å². The molecule has 0 radical (unpaired) electrons. The van der Waals surface area contributed by atoms with Crippen LogP contribution in [0.15, 0.2) is 24.3 Å². The van der Waals surface area contributed by atoms with Crippen LogP contribution in [-0.2, 0) is 11.3 Å². The topological polar surface area (TPSA) is 49.6 Å². The molecule has 1 aromatic carbocycles. The Hall–Kier alpha value is -1.10. The first-order chi connectivity index (χ1) is 9.60. The second-order valence-corrected chi connectivity index (χ2v) is 5.82. The first-order valence-corrected chi connectivity index (χ1v) is 7.40. The lowest BCUT2D eigenvalue weighted by Crippen LogP contribution is -2.43. The summed E-state index contributed by atoms with van der Waals surface area (Å²) in [6, 6.07) is 7.97. The highest BCUT2D eigenvalue weighted by atomic mass is 35.5. The van der Waals surface area contributed by atoms with E-state index in [1.54, 1.807) is 4.90 Å². The molecule has 0 aliphatic carbocycles. The summed E-state index contributed by atoms with van der Waals surface area (Å²) < 4.78 is 0. The van der Waals surface area contributed by atoms with Crippen LogP contribution < -0.4 is 5.73 Å². The second-order valence-electron chi connectivity index (χ2n) is 5.38. The van der Waals surface area contributed by atoms with Gasteiger partial charge in [-0.1, -0.05) is 23.7 Å². The minimum absolute atomic E-state index is 0.130. The molecule has 20 heavy (non-hydrogen) atoms. The fourth-order valence-corrected chi connectivity index (χ4v) is 2.87. The van der Waals surface area contributed by atoms with Crippen molar-refractivity contribution in [1.29, 1.82) is 0 Å². The zero-order chi connectivity index (χ0) is 14.5. The van der Waals surface area contributed by atoms with Crippen molar-refractivity contribution in [2.24, 2.45) is 5.73 Å². The maximum absolute atomic E-state index is 12.3. The summed E-state index contributed by atoms with van der Waals surface area (Å²) in [7, 11) is 1.83. The van der Waals surface area contributed by atoms with E-state index in [1.807, 2.05) is 31.3 Å². The van der Waals surface area contributed by atoms with Crippen LogP contribution in [-0.4, -0.2) is 48.4 Å². The predicted octanol–water partition coefficient (Wildman–Crippen LogP) is 1.72. The molecule has 4 nitrogen and oxygen atoms in total. The van der Waals surface area contributed by atoms with Crippen LogP contribution in [0.25, 0.3) is 0 Å². The Labute approximate surface area is 125 Å². The average Bonchev–Trinajstić information content (AvgIpc) is 2.85. The highest BCUT2D eigenvalue weighted by Crippen LogP contribution is 2.16. The predicted molar refractivity (Wildman–Crippen MR) is 81.6 cm³/mol. The van der Waals surface area contributed by atoms with Gasteiger partial charge in [0.05, 0.1) is 6.54 Å². The summed E-state index contributed by atoms with van der Waals surface area (Å²) >= 11 is 5.96.